The van der Waals surface area contributed by atoms with Crippen LogP contribution < -0.4 is 5.32 Å². The third-order valence-corrected chi connectivity index (χ3v) is 2.97. The van der Waals surface area contributed by atoms with Crippen LogP contribution in [0.5, 0.6) is 0 Å². The lowest BCUT2D eigenvalue weighted by molar-refractivity contribution is 0.157. The number of hydrogen-bond donors (Lipinski definition) is 1. The highest BCUT2D eigenvalue weighted by Gasteiger charge is 2.32. The van der Waals surface area contributed by atoms with Crippen molar-refractivity contribution in [3.05, 3.63) is 0 Å². The molecule has 0 radical (unpaired) electrons. The average Bonchev–Trinajstić information content (AvgIpc) is 2.68. The first kappa shape index (κ1) is 7.56. The van der Waals surface area contributed by atoms with Crippen molar-refractivity contribution in [3.8, 4) is 0 Å². The van der Waals surface area contributed by atoms with Crippen LogP contribution in [-0.2, 0) is 0 Å². The Morgan fingerprint density at radius 3 is 2.55 bits per heavy atom. The van der Waals surface area contributed by atoms with E-state index >= 15 is 0 Å². The fourth-order valence-corrected chi connectivity index (χ4v) is 1.82. The van der Waals surface area contributed by atoms with Gasteiger partial charge in [0.05, 0.1) is 0 Å². The highest BCUT2D eigenvalue weighted by molar-refractivity contribution is 4.88. The van der Waals surface area contributed by atoms with Crippen LogP contribution in [0.15, 0.2) is 0 Å². The predicted molar refractivity (Wildman–Crippen MR) is 46.6 cm³/mol. The Labute approximate surface area is 69.0 Å². The highest BCUT2D eigenvalue weighted by Crippen LogP contribution is 2.33. The van der Waals surface area contributed by atoms with Gasteiger partial charge in [0.1, 0.15) is 0 Å². The maximum atomic E-state index is 3.42. The van der Waals surface area contributed by atoms with Gasteiger partial charge < -0.3 is 10.2 Å². The summed E-state index contributed by atoms with van der Waals surface area (Å²) in [6, 6.07) is 0.787. The van der Waals surface area contributed by atoms with Gasteiger partial charge in [-0.3, -0.25) is 0 Å². The van der Waals surface area contributed by atoms with Gasteiger partial charge in [0.2, 0.25) is 0 Å². The standard InChI is InChI=1S/C9H18N2/c1-10-9(8-3-4-8)7-11-5-2-6-11/h8-10H,2-7H2,1H3/t9-/m1/s1. The van der Waals surface area contributed by atoms with Crippen LogP contribution in [0.4, 0.5) is 0 Å². The van der Waals surface area contributed by atoms with Gasteiger partial charge in [0.25, 0.3) is 0 Å². The number of likely N-dealkylation sites (N-methyl/N-ethyl adjacent to an activating group) is 1. The molecule has 11 heavy (non-hydrogen) atoms. The van der Waals surface area contributed by atoms with E-state index in [4.69, 9.17) is 0 Å². The minimum absolute atomic E-state index is 0.787. The van der Waals surface area contributed by atoms with Crippen LogP contribution in [0, 0.1) is 5.92 Å². The molecule has 1 heterocycles. The summed E-state index contributed by atoms with van der Waals surface area (Å²) >= 11 is 0. The maximum absolute atomic E-state index is 3.42. The van der Waals surface area contributed by atoms with Crippen molar-refractivity contribution in [2.24, 2.45) is 5.92 Å². The summed E-state index contributed by atoms with van der Waals surface area (Å²) in [4.78, 5) is 2.56. The van der Waals surface area contributed by atoms with Crippen molar-refractivity contribution in [1.29, 1.82) is 0 Å². The zero-order valence-electron chi connectivity index (χ0n) is 7.34. The van der Waals surface area contributed by atoms with Crippen LogP contribution in [-0.4, -0.2) is 37.6 Å². The van der Waals surface area contributed by atoms with E-state index in [9.17, 15) is 0 Å². The zero-order chi connectivity index (χ0) is 7.68. The van der Waals surface area contributed by atoms with Gasteiger partial charge in [0, 0.05) is 12.6 Å². The topological polar surface area (TPSA) is 15.3 Å². The summed E-state index contributed by atoms with van der Waals surface area (Å²) < 4.78 is 0. The molecule has 1 aliphatic heterocycles. The Hall–Kier alpha value is -0.0800. The van der Waals surface area contributed by atoms with Crippen molar-refractivity contribution in [2.45, 2.75) is 25.3 Å². The summed E-state index contributed by atoms with van der Waals surface area (Å²) in [6.07, 6.45) is 4.33. The molecule has 1 atom stereocenters. The molecular weight excluding hydrogens is 136 g/mol. The second kappa shape index (κ2) is 3.11. The molecule has 0 aromatic rings. The van der Waals surface area contributed by atoms with Gasteiger partial charge in [-0.15, -0.1) is 0 Å². The lowest BCUT2D eigenvalue weighted by Gasteiger charge is -2.34. The van der Waals surface area contributed by atoms with Gasteiger partial charge in [-0.05, 0) is 45.3 Å². The largest absolute Gasteiger partial charge is 0.315 e. The first-order chi connectivity index (χ1) is 5.40. The molecule has 2 fully saturated rings. The van der Waals surface area contributed by atoms with Gasteiger partial charge in [-0.1, -0.05) is 0 Å². The third kappa shape index (κ3) is 1.74. The van der Waals surface area contributed by atoms with E-state index in [2.05, 4.69) is 17.3 Å². The SMILES string of the molecule is CN[C@H](CN1CCC1)C1CC1. The monoisotopic (exact) mass is 154 g/mol. The van der Waals surface area contributed by atoms with Gasteiger partial charge in [0.15, 0.2) is 0 Å². The van der Waals surface area contributed by atoms with E-state index in [1.807, 2.05) is 0 Å². The minimum Gasteiger partial charge on any atom is -0.315 e. The van der Waals surface area contributed by atoms with Crippen molar-refractivity contribution in [1.82, 2.24) is 10.2 Å². The third-order valence-electron chi connectivity index (χ3n) is 2.97. The van der Waals surface area contributed by atoms with Crippen LogP contribution in [0.25, 0.3) is 0 Å². The summed E-state index contributed by atoms with van der Waals surface area (Å²) in [5.41, 5.74) is 0. The normalized spacial score (nSPS) is 28.1. The van der Waals surface area contributed by atoms with Crippen LogP contribution >= 0.6 is 0 Å². The lowest BCUT2D eigenvalue weighted by Crippen LogP contribution is -2.46. The Kier molecular flexibility index (Phi) is 2.14. The quantitative estimate of drug-likeness (QED) is 0.641. The maximum Gasteiger partial charge on any atom is 0.0220 e. The molecule has 0 bridgehead atoms. The van der Waals surface area contributed by atoms with E-state index < -0.39 is 0 Å². The molecular formula is C9H18N2. The van der Waals surface area contributed by atoms with E-state index in [1.165, 1.54) is 38.9 Å². The summed E-state index contributed by atoms with van der Waals surface area (Å²) in [5, 5.41) is 3.42. The van der Waals surface area contributed by atoms with Crippen molar-refractivity contribution < 1.29 is 0 Å². The number of hydrogen-bond acceptors (Lipinski definition) is 2. The first-order valence-corrected chi connectivity index (χ1v) is 4.80. The molecule has 1 saturated carbocycles. The molecule has 64 valence electrons. The summed E-state index contributed by atoms with van der Waals surface area (Å²) in [7, 11) is 2.10. The smallest absolute Gasteiger partial charge is 0.0220 e. The molecule has 0 spiro atoms. The van der Waals surface area contributed by atoms with Crippen molar-refractivity contribution in [3.63, 3.8) is 0 Å². The van der Waals surface area contributed by atoms with Gasteiger partial charge in [-0.25, -0.2) is 0 Å². The molecule has 0 unspecified atom stereocenters. The Morgan fingerprint density at radius 1 is 1.45 bits per heavy atom. The molecule has 2 heteroatoms. The second-order valence-corrected chi connectivity index (χ2v) is 3.89. The number of nitrogens with one attached hydrogen (secondary N) is 1. The highest BCUT2D eigenvalue weighted by atomic mass is 15.2. The number of rotatable bonds is 4. The fraction of sp³-hybridized carbons (Fsp3) is 1.00. The number of nitrogens with zero attached hydrogens (tertiary/aromatic N) is 1. The van der Waals surface area contributed by atoms with E-state index in [0.29, 0.717) is 0 Å². The molecule has 0 amide bonds. The Bertz CT molecular complexity index is 128. The molecule has 2 rings (SSSR count). The van der Waals surface area contributed by atoms with Gasteiger partial charge in [-0.2, -0.15) is 0 Å². The predicted octanol–water partition coefficient (Wildman–Crippen LogP) is 0.690. The molecule has 0 aromatic carbocycles. The number of likely N-dealkylation sites (tertiary alicyclic amines) is 1. The average molecular weight is 154 g/mol. The Balaban J connectivity index is 1.71. The molecule has 2 nitrogen and oxygen atoms in total. The molecule has 1 saturated heterocycles. The molecule has 1 aliphatic carbocycles. The van der Waals surface area contributed by atoms with Crippen molar-refractivity contribution in [2.75, 3.05) is 26.7 Å². The first-order valence-electron chi connectivity index (χ1n) is 4.80. The molecule has 0 aromatic heterocycles. The van der Waals surface area contributed by atoms with Gasteiger partial charge >= 0.3 is 0 Å². The Morgan fingerprint density at radius 2 is 2.18 bits per heavy atom. The van der Waals surface area contributed by atoms with Crippen molar-refractivity contribution >= 4 is 0 Å². The second-order valence-electron chi connectivity index (χ2n) is 3.89. The van der Waals surface area contributed by atoms with E-state index in [-0.39, 0.29) is 0 Å². The van der Waals surface area contributed by atoms with E-state index in [1.54, 1.807) is 0 Å². The molecule has 2 aliphatic rings. The summed E-state index contributed by atoms with van der Waals surface area (Å²) in [5.74, 6) is 1.00. The minimum atomic E-state index is 0.787. The fourth-order valence-electron chi connectivity index (χ4n) is 1.82. The zero-order valence-corrected chi connectivity index (χ0v) is 7.34. The van der Waals surface area contributed by atoms with Crippen LogP contribution in [0.1, 0.15) is 19.3 Å². The van der Waals surface area contributed by atoms with E-state index in [0.717, 1.165) is 12.0 Å². The summed E-state index contributed by atoms with van der Waals surface area (Å²) in [6.45, 7) is 3.97. The lowest BCUT2D eigenvalue weighted by atomic mass is 10.1. The van der Waals surface area contributed by atoms with Crippen LogP contribution in [0.3, 0.4) is 0 Å². The van der Waals surface area contributed by atoms with Crippen LogP contribution in [0.2, 0.25) is 0 Å². The molecule has 1 N–H and O–H groups in total.